The van der Waals surface area contributed by atoms with E-state index in [9.17, 15) is 10.2 Å². The Kier molecular flexibility index (Phi) is 2.50. The van der Waals surface area contributed by atoms with Crippen molar-refractivity contribution in [2.75, 3.05) is 6.61 Å². The molecule has 0 amide bonds. The van der Waals surface area contributed by atoms with E-state index >= 15 is 0 Å². The lowest BCUT2D eigenvalue weighted by molar-refractivity contribution is -0.132. The van der Waals surface area contributed by atoms with Crippen molar-refractivity contribution in [2.45, 2.75) is 24.1 Å². The molecule has 0 aromatic rings. The van der Waals surface area contributed by atoms with Crippen LogP contribution >= 0.6 is 0 Å². The Morgan fingerprint density at radius 3 is 2.42 bits per heavy atom. The molecule has 0 aromatic heterocycles. The van der Waals surface area contributed by atoms with Crippen molar-refractivity contribution in [1.29, 1.82) is 0 Å². The van der Waals surface area contributed by atoms with Crippen molar-refractivity contribution in [3.63, 3.8) is 0 Å². The molecule has 4 atom stereocenters. The summed E-state index contributed by atoms with van der Waals surface area (Å²) >= 11 is 0. The van der Waals surface area contributed by atoms with E-state index in [1.807, 2.05) is 0 Å². The van der Waals surface area contributed by atoms with Gasteiger partial charge in [0.15, 0.2) is 6.29 Å². The third kappa shape index (κ3) is 1.16. The fourth-order valence-corrected chi connectivity index (χ4v) is 1.21. The van der Waals surface area contributed by atoms with Crippen LogP contribution in [0, 0.1) is 0 Å². The maximum absolute atomic E-state index is 9.59. The van der Waals surface area contributed by atoms with Crippen LogP contribution in [0.3, 0.4) is 0 Å². The van der Waals surface area contributed by atoms with Crippen LogP contribution in [0.15, 0.2) is 12.7 Å². The first kappa shape index (κ1) is 9.63. The van der Waals surface area contributed by atoms with Crippen molar-refractivity contribution in [1.82, 2.24) is 0 Å². The minimum absolute atomic E-state index is 0.489. The van der Waals surface area contributed by atoms with Crippen LogP contribution < -0.4 is 0 Å². The van der Waals surface area contributed by atoms with E-state index in [1.165, 1.54) is 0 Å². The minimum atomic E-state index is -1.77. The lowest BCUT2D eigenvalue weighted by atomic mass is 9.93. The summed E-state index contributed by atoms with van der Waals surface area (Å²) in [4.78, 5) is 0. The highest BCUT2D eigenvalue weighted by Gasteiger charge is 2.52. The van der Waals surface area contributed by atoms with E-state index < -0.39 is 30.7 Å². The van der Waals surface area contributed by atoms with Gasteiger partial charge in [0.05, 0.1) is 6.61 Å². The first-order chi connectivity index (χ1) is 5.56. The van der Waals surface area contributed by atoms with Gasteiger partial charge in [0.25, 0.3) is 0 Å². The van der Waals surface area contributed by atoms with Gasteiger partial charge >= 0.3 is 0 Å². The molecule has 5 nitrogen and oxygen atoms in total. The predicted molar refractivity (Wildman–Crippen MR) is 39.1 cm³/mol. The van der Waals surface area contributed by atoms with Crippen LogP contribution in [0.4, 0.5) is 0 Å². The van der Waals surface area contributed by atoms with Crippen molar-refractivity contribution in [3.05, 3.63) is 12.7 Å². The van der Waals surface area contributed by atoms with Gasteiger partial charge in [-0.25, -0.2) is 0 Å². The highest BCUT2D eigenvalue weighted by atomic mass is 16.7. The Bertz CT molecular complexity index is 183. The summed E-state index contributed by atoms with van der Waals surface area (Å²) in [6.07, 6.45) is -2.92. The van der Waals surface area contributed by atoms with Crippen molar-refractivity contribution in [3.8, 4) is 0 Å². The smallest absolute Gasteiger partial charge is 0.184 e. The zero-order valence-electron chi connectivity index (χ0n) is 6.42. The standard InChI is InChI=1S/C7H12O5/c1-2-7(11)4(3-8)12-6(10)5(7)9/h2,4-6,8-11H,1,3H2/t4-,5+,6+,7-/m1/s1. The summed E-state index contributed by atoms with van der Waals surface area (Å²) in [5, 5.41) is 36.5. The molecule has 0 unspecified atom stereocenters. The second kappa shape index (κ2) is 3.12. The number of aliphatic hydroxyl groups excluding tert-OH is 3. The second-order valence-corrected chi connectivity index (χ2v) is 2.73. The van der Waals surface area contributed by atoms with Crippen LogP contribution in [0.5, 0.6) is 0 Å². The summed E-state index contributed by atoms with van der Waals surface area (Å²) in [7, 11) is 0. The maximum Gasteiger partial charge on any atom is 0.184 e. The molecule has 1 heterocycles. The van der Waals surface area contributed by atoms with Gasteiger partial charge in [0, 0.05) is 0 Å². The van der Waals surface area contributed by atoms with Gasteiger partial charge < -0.3 is 25.2 Å². The third-order valence-electron chi connectivity index (χ3n) is 2.06. The Labute approximate surface area is 69.5 Å². The van der Waals surface area contributed by atoms with Crippen molar-refractivity contribution in [2.24, 2.45) is 0 Å². The van der Waals surface area contributed by atoms with Gasteiger partial charge in [0.2, 0.25) is 0 Å². The largest absolute Gasteiger partial charge is 0.394 e. The van der Waals surface area contributed by atoms with Gasteiger partial charge in [-0.05, 0) is 0 Å². The Balaban J connectivity index is 2.87. The molecule has 0 aromatic carbocycles. The van der Waals surface area contributed by atoms with E-state index in [2.05, 4.69) is 11.3 Å². The average Bonchev–Trinajstić information content (AvgIpc) is 2.30. The Hall–Kier alpha value is -0.460. The average molecular weight is 176 g/mol. The van der Waals surface area contributed by atoms with E-state index in [0.717, 1.165) is 6.08 Å². The predicted octanol–water partition coefficient (Wildman–Crippen LogP) is -2.03. The summed E-state index contributed by atoms with van der Waals surface area (Å²) in [6.45, 7) is 2.80. The molecule has 5 heteroatoms. The molecule has 0 saturated carbocycles. The molecule has 0 bridgehead atoms. The molecule has 1 aliphatic rings. The lowest BCUT2D eigenvalue weighted by Crippen LogP contribution is -2.47. The highest BCUT2D eigenvalue weighted by molar-refractivity contribution is 5.11. The van der Waals surface area contributed by atoms with Crippen LogP contribution in [0.1, 0.15) is 0 Å². The molecule has 1 aliphatic heterocycles. The van der Waals surface area contributed by atoms with Crippen molar-refractivity contribution >= 4 is 0 Å². The number of aliphatic hydroxyl groups is 4. The molecular formula is C7H12O5. The number of hydrogen-bond donors (Lipinski definition) is 4. The molecule has 12 heavy (non-hydrogen) atoms. The first-order valence-electron chi connectivity index (χ1n) is 3.54. The Morgan fingerprint density at radius 2 is 2.08 bits per heavy atom. The molecule has 1 fully saturated rings. The SMILES string of the molecule is C=C[C@@]1(O)[C@@H](CO)O[C@H](O)[C@@H]1O. The second-order valence-electron chi connectivity index (χ2n) is 2.73. The first-order valence-corrected chi connectivity index (χ1v) is 3.54. The molecule has 0 radical (unpaired) electrons. The quantitative estimate of drug-likeness (QED) is 0.364. The Morgan fingerprint density at radius 1 is 1.50 bits per heavy atom. The van der Waals surface area contributed by atoms with Crippen LogP contribution in [-0.2, 0) is 4.74 Å². The van der Waals surface area contributed by atoms with Crippen LogP contribution in [-0.4, -0.2) is 51.1 Å². The van der Waals surface area contributed by atoms with Gasteiger partial charge in [-0.1, -0.05) is 6.08 Å². The molecule has 0 aliphatic carbocycles. The topological polar surface area (TPSA) is 90.2 Å². The lowest BCUT2D eigenvalue weighted by Gasteiger charge is -2.25. The van der Waals surface area contributed by atoms with E-state index in [1.54, 1.807) is 0 Å². The maximum atomic E-state index is 9.59. The molecule has 1 rings (SSSR count). The van der Waals surface area contributed by atoms with Crippen molar-refractivity contribution < 1.29 is 25.2 Å². The van der Waals surface area contributed by atoms with Crippen LogP contribution in [0.2, 0.25) is 0 Å². The summed E-state index contributed by atoms with van der Waals surface area (Å²) in [5.74, 6) is 0. The third-order valence-corrected chi connectivity index (χ3v) is 2.06. The highest BCUT2D eigenvalue weighted by Crippen LogP contribution is 2.30. The van der Waals surface area contributed by atoms with Gasteiger partial charge in [0.1, 0.15) is 17.8 Å². The van der Waals surface area contributed by atoms with Gasteiger partial charge in [-0.3, -0.25) is 0 Å². The molecule has 70 valence electrons. The van der Waals surface area contributed by atoms with E-state index in [4.69, 9.17) is 10.2 Å². The number of rotatable bonds is 2. The minimum Gasteiger partial charge on any atom is -0.394 e. The molecule has 1 saturated heterocycles. The summed E-state index contributed by atoms with van der Waals surface area (Å²) < 4.78 is 4.66. The monoisotopic (exact) mass is 176 g/mol. The zero-order valence-corrected chi connectivity index (χ0v) is 6.42. The van der Waals surface area contributed by atoms with Crippen LogP contribution in [0.25, 0.3) is 0 Å². The molecule has 0 spiro atoms. The number of hydrogen-bond acceptors (Lipinski definition) is 5. The summed E-state index contributed by atoms with van der Waals surface area (Å²) in [6, 6.07) is 0. The van der Waals surface area contributed by atoms with E-state index in [0.29, 0.717) is 0 Å². The summed E-state index contributed by atoms with van der Waals surface area (Å²) in [5.41, 5.74) is -1.77. The molecule has 4 N–H and O–H groups in total. The fourth-order valence-electron chi connectivity index (χ4n) is 1.21. The zero-order chi connectivity index (χ0) is 9.35. The number of ether oxygens (including phenoxy) is 1. The van der Waals surface area contributed by atoms with Gasteiger partial charge in [-0.2, -0.15) is 0 Å². The normalized spacial score (nSPS) is 47.8. The fraction of sp³-hybridized carbons (Fsp3) is 0.714. The van der Waals surface area contributed by atoms with Gasteiger partial charge in [-0.15, -0.1) is 6.58 Å². The molecular weight excluding hydrogens is 164 g/mol. The van der Waals surface area contributed by atoms with E-state index in [-0.39, 0.29) is 0 Å².